The second kappa shape index (κ2) is 13.0. The van der Waals surface area contributed by atoms with Gasteiger partial charge in [0.15, 0.2) is 0 Å². The van der Waals surface area contributed by atoms with Crippen molar-refractivity contribution in [2.75, 3.05) is 55.0 Å². The molecule has 2 aromatic rings. The van der Waals surface area contributed by atoms with Crippen molar-refractivity contribution in [3.63, 3.8) is 0 Å². The molecule has 0 aliphatic carbocycles. The van der Waals surface area contributed by atoms with Gasteiger partial charge in [-0.05, 0) is 54.0 Å². The second-order valence-electron chi connectivity index (χ2n) is 12.1. The SMILES string of the molecule is COc1ccccc1N1CCN(c2ccc(NC(=O)CC(C)CC(C)(C)C)cc2C(=O)NCC(C)C)CC1. The Morgan fingerprint density at radius 1 is 0.947 bits per heavy atom. The van der Waals surface area contributed by atoms with Gasteiger partial charge in [-0.25, -0.2) is 0 Å². The lowest BCUT2D eigenvalue weighted by molar-refractivity contribution is -0.117. The Morgan fingerprint density at radius 3 is 2.18 bits per heavy atom. The predicted molar refractivity (Wildman–Crippen MR) is 158 cm³/mol. The number of nitrogens with zero attached hydrogens (tertiary/aromatic N) is 2. The fraction of sp³-hybridized carbons (Fsp3) is 0.548. The second-order valence-corrected chi connectivity index (χ2v) is 12.1. The number of rotatable bonds is 10. The molecule has 7 heteroatoms. The van der Waals surface area contributed by atoms with Crippen LogP contribution in [0.15, 0.2) is 42.5 Å². The van der Waals surface area contributed by atoms with E-state index < -0.39 is 0 Å². The molecular weight excluding hydrogens is 476 g/mol. The van der Waals surface area contributed by atoms with E-state index >= 15 is 0 Å². The molecule has 208 valence electrons. The van der Waals surface area contributed by atoms with Crippen LogP contribution in [-0.4, -0.2) is 51.6 Å². The molecule has 1 heterocycles. The van der Waals surface area contributed by atoms with Crippen molar-refractivity contribution in [1.82, 2.24) is 5.32 Å². The van der Waals surface area contributed by atoms with Crippen molar-refractivity contribution in [3.05, 3.63) is 48.0 Å². The first-order valence-corrected chi connectivity index (χ1v) is 13.8. The fourth-order valence-electron chi connectivity index (χ4n) is 5.19. The van der Waals surface area contributed by atoms with Crippen LogP contribution < -0.4 is 25.2 Å². The smallest absolute Gasteiger partial charge is 0.253 e. The largest absolute Gasteiger partial charge is 0.495 e. The van der Waals surface area contributed by atoms with Crippen molar-refractivity contribution in [3.8, 4) is 5.75 Å². The molecule has 7 nitrogen and oxygen atoms in total. The normalized spacial score (nSPS) is 14.8. The first-order chi connectivity index (χ1) is 18.0. The number of hydrogen-bond donors (Lipinski definition) is 2. The third-order valence-electron chi connectivity index (χ3n) is 6.74. The average molecular weight is 523 g/mol. The number of para-hydroxylation sites is 2. The highest BCUT2D eigenvalue weighted by Gasteiger charge is 2.24. The van der Waals surface area contributed by atoms with Gasteiger partial charge in [-0.15, -0.1) is 0 Å². The fourth-order valence-corrected chi connectivity index (χ4v) is 5.19. The minimum Gasteiger partial charge on any atom is -0.495 e. The van der Waals surface area contributed by atoms with Gasteiger partial charge in [-0.1, -0.05) is 53.7 Å². The number of nitrogens with one attached hydrogen (secondary N) is 2. The summed E-state index contributed by atoms with van der Waals surface area (Å²) in [5, 5.41) is 6.09. The lowest BCUT2D eigenvalue weighted by Crippen LogP contribution is -2.47. The molecule has 2 N–H and O–H groups in total. The van der Waals surface area contributed by atoms with Crippen LogP contribution in [0.3, 0.4) is 0 Å². The number of carbonyl (C=O) groups excluding carboxylic acids is 2. The molecule has 0 spiro atoms. The van der Waals surface area contributed by atoms with Crippen molar-refractivity contribution in [2.24, 2.45) is 17.3 Å². The van der Waals surface area contributed by atoms with Crippen LogP contribution >= 0.6 is 0 Å². The molecule has 1 atom stereocenters. The van der Waals surface area contributed by atoms with Gasteiger partial charge in [0.25, 0.3) is 5.91 Å². The Labute approximate surface area is 228 Å². The third kappa shape index (κ3) is 8.40. The Balaban J connectivity index is 1.75. The van der Waals surface area contributed by atoms with Crippen LogP contribution in [0, 0.1) is 17.3 Å². The van der Waals surface area contributed by atoms with Crippen LogP contribution in [0.2, 0.25) is 0 Å². The zero-order valence-electron chi connectivity index (χ0n) is 24.3. The number of carbonyl (C=O) groups is 2. The minimum atomic E-state index is -0.113. The van der Waals surface area contributed by atoms with Gasteiger partial charge in [0.2, 0.25) is 5.91 Å². The molecule has 3 rings (SSSR count). The van der Waals surface area contributed by atoms with E-state index in [1.807, 2.05) is 36.4 Å². The summed E-state index contributed by atoms with van der Waals surface area (Å²) in [5.74, 6) is 1.36. The van der Waals surface area contributed by atoms with Gasteiger partial charge in [0.05, 0.1) is 18.4 Å². The van der Waals surface area contributed by atoms with Crippen LogP contribution in [0.4, 0.5) is 17.1 Å². The maximum absolute atomic E-state index is 13.3. The quantitative estimate of drug-likeness (QED) is 0.412. The van der Waals surface area contributed by atoms with E-state index in [4.69, 9.17) is 4.74 Å². The Hall–Kier alpha value is -3.22. The van der Waals surface area contributed by atoms with Crippen molar-refractivity contribution in [1.29, 1.82) is 0 Å². The number of methoxy groups -OCH3 is 1. The van der Waals surface area contributed by atoms with Gasteiger partial charge in [0.1, 0.15) is 5.75 Å². The molecule has 0 aromatic heterocycles. The zero-order chi connectivity index (χ0) is 27.9. The van der Waals surface area contributed by atoms with E-state index in [2.05, 4.69) is 68.0 Å². The lowest BCUT2D eigenvalue weighted by Gasteiger charge is -2.38. The van der Waals surface area contributed by atoms with Crippen LogP contribution in [0.1, 0.15) is 64.7 Å². The van der Waals surface area contributed by atoms with Gasteiger partial charge < -0.3 is 25.2 Å². The van der Waals surface area contributed by atoms with Crippen LogP contribution in [0.25, 0.3) is 0 Å². The highest BCUT2D eigenvalue weighted by atomic mass is 16.5. The predicted octanol–water partition coefficient (Wildman–Crippen LogP) is 5.81. The average Bonchev–Trinajstić information content (AvgIpc) is 2.86. The van der Waals surface area contributed by atoms with E-state index in [0.29, 0.717) is 30.1 Å². The number of hydrogen-bond acceptors (Lipinski definition) is 5. The highest BCUT2D eigenvalue weighted by molar-refractivity contribution is 6.02. The summed E-state index contributed by atoms with van der Waals surface area (Å²) in [6.45, 7) is 16.6. The summed E-state index contributed by atoms with van der Waals surface area (Å²) in [5.41, 5.74) is 3.41. The molecule has 0 saturated carbocycles. The number of piperazine rings is 1. The Kier molecular flexibility index (Phi) is 10.1. The summed E-state index contributed by atoms with van der Waals surface area (Å²) >= 11 is 0. The van der Waals surface area contributed by atoms with E-state index in [1.54, 1.807) is 7.11 Å². The molecule has 0 bridgehead atoms. The molecule has 38 heavy (non-hydrogen) atoms. The monoisotopic (exact) mass is 522 g/mol. The zero-order valence-corrected chi connectivity index (χ0v) is 24.3. The maximum atomic E-state index is 13.3. The number of ether oxygens (including phenoxy) is 1. The molecule has 1 fully saturated rings. The van der Waals surface area contributed by atoms with E-state index in [0.717, 1.165) is 49.7 Å². The molecule has 0 radical (unpaired) electrons. The molecule has 1 unspecified atom stereocenters. The van der Waals surface area contributed by atoms with E-state index in [9.17, 15) is 9.59 Å². The molecular formula is C31H46N4O3. The molecule has 1 aliphatic heterocycles. The Bertz CT molecular complexity index is 1080. The molecule has 1 aliphatic rings. The standard InChI is InChI=1S/C31H46N4O3/c1-22(2)21-32-30(37)25-19-24(33-29(36)18-23(3)20-31(4,5)6)12-13-26(25)34-14-16-35(17-15-34)27-10-8-9-11-28(27)38-7/h8-13,19,22-23H,14-18,20-21H2,1-7H3,(H,32,37)(H,33,36). The van der Waals surface area contributed by atoms with E-state index in [1.165, 1.54) is 0 Å². The van der Waals surface area contributed by atoms with Crippen molar-refractivity contribution < 1.29 is 14.3 Å². The topological polar surface area (TPSA) is 73.9 Å². The van der Waals surface area contributed by atoms with Gasteiger partial charge in [0, 0.05) is 50.5 Å². The number of anilines is 3. The van der Waals surface area contributed by atoms with Gasteiger partial charge in [-0.3, -0.25) is 9.59 Å². The summed E-state index contributed by atoms with van der Waals surface area (Å²) < 4.78 is 5.56. The molecule has 1 saturated heterocycles. The maximum Gasteiger partial charge on any atom is 0.253 e. The lowest BCUT2D eigenvalue weighted by atomic mass is 9.84. The summed E-state index contributed by atoms with van der Waals surface area (Å²) in [7, 11) is 1.70. The summed E-state index contributed by atoms with van der Waals surface area (Å²) in [4.78, 5) is 30.6. The van der Waals surface area contributed by atoms with Crippen LogP contribution in [-0.2, 0) is 4.79 Å². The summed E-state index contributed by atoms with van der Waals surface area (Å²) in [6, 6.07) is 13.8. The molecule has 2 aromatic carbocycles. The van der Waals surface area contributed by atoms with Crippen LogP contribution in [0.5, 0.6) is 5.75 Å². The van der Waals surface area contributed by atoms with Crippen molar-refractivity contribution >= 4 is 28.9 Å². The number of amides is 2. The van der Waals surface area contributed by atoms with Crippen molar-refractivity contribution in [2.45, 2.75) is 54.4 Å². The molecule has 2 amide bonds. The van der Waals surface area contributed by atoms with Gasteiger partial charge >= 0.3 is 0 Å². The first-order valence-electron chi connectivity index (χ1n) is 13.8. The van der Waals surface area contributed by atoms with E-state index in [-0.39, 0.29) is 23.1 Å². The highest BCUT2D eigenvalue weighted by Crippen LogP contribution is 2.31. The third-order valence-corrected chi connectivity index (χ3v) is 6.74. The first kappa shape index (κ1) is 29.3. The van der Waals surface area contributed by atoms with Gasteiger partial charge in [-0.2, -0.15) is 0 Å². The summed E-state index contributed by atoms with van der Waals surface area (Å²) in [6.07, 6.45) is 1.43. The Morgan fingerprint density at radius 2 is 1.58 bits per heavy atom. The number of benzene rings is 2. The minimum absolute atomic E-state index is 0.0199.